The Labute approximate surface area is 201 Å². The number of quaternary nitrogens is 1. The molecule has 0 amide bonds. The third kappa shape index (κ3) is 13.0. The van der Waals surface area contributed by atoms with Gasteiger partial charge in [-0.15, -0.1) is 0 Å². The largest absolute Gasteiger partial charge is 0.550 e. The lowest BCUT2D eigenvalue weighted by molar-refractivity contribution is -0.935. The van der Waals surface area contributed by atoms with E-state index in [2.05, 4.69) is 6.92 Å². The van der Waals surface area contributed by atoms with Gasteiger partial charge in [0.2, 0.25) is 0 Å². The van der Waals surface area contributed by atoms with Crippen molar-refractivity contribution in [3.05, 3.63) is 0 Å². The Morgan fingerprint density at radius 1 is 0.636 bits per heavy atom. The quantitative estimate of drug-likeness (QED) is 0.179. The molecule has 0 aliphatic carbocycles. The average molecular weight is 472 g/mol. The van der Waals surface area contributed by atoms with Gasteiger partial charge in [-0.2, -0.15) is 0 Å². The van der Waals surface area contributed by atoms with Crippen molar-refractivity contribution >= 4 is 17.9 Å². The topological polar surface area (TPSA) is 115 Å². The first-order chi connectivity index (χ1) is 15.7. The number of nitrogens with zero attached hydrogens (tertiary/aromatic N) is 1. The molecule has 0 fully saturated rings. The first kappa shape index (κ1) is 31.4. The lowest BCUT2D eigenvalue weighted by atomic mass is 9.95. The van der Waals surface area contributed by atoms with Gasteiger partial charge in [-0.1, -0.05) is 72.6 Å². The Balaban J connectivity index is 5.49. The number of hydrogen-bond acceptors (Lipinski definition) is 4. The smallest absolute Gasteiger partial charge is 0.312 e. The Hall–Kier alpha value is -1.63. The van der Waals surface area contributed by atoms with Crippen LogP contribution >= 0.6 is 0 Å². The highest BCUT2D eigenvalue weighted by atomic mass is 16.4. The van der Waals surface area contributed by atoms with E-state index in [1.54, 1.807) is 6.92 Å². The molecule has 0 rings (SSSR count). The van der Waals surface area contributed by atoms with Crippen molar-refractivity contribution in [1.82, 2.24) is 0 Å². The zero-order valence-corrected chi connectivity index (χ0v) is 21.5. The minimum Gasteiger partial charge on any atom is -0.550 e. The van der Waals surface area contributed by atoms with E-state index in [4.69, 9.17) is 0 Å². The summed E-state index contributed by atoms with van der Waals surface area (Å²) in [6, 6.07) is 0. The van der Waals surface area contributed by atoms with Gasteiger partial charge in [-0.25, -0.2) is 0 Å². The number of hydrogen-bond donors (Lipinski definition) is 2. The second-order valence-corrected chi connectivity index (χ2v) is 9.75. The molecule has 33 heavy (non-hydrogen) atoms. The first-order valence-corrected chi connectivity index (χ1v) is 13.2. The molecular formula is C26H49NO6. The molecule has 0 radical (unpaired) electrons. The van der Waals surface area contributed by atoms with Crippen LogP contribution in [-0.2, 0) is 14.4 Å². The van der Waals surface area contributed by atoms with Crippen molar-refractivity contribution in [3.8, 4) is 0 Å². The zero-order chi connectivity index (χ0) is 25.3. The van der Waals surface area contributed by atoms with E-state index in [1.165, 1.54) is 38.5 Å². The summed E-state index contributed by atoms with van der Waals surface area (Å²) in [5.74, 6) is -4.93. The van der Waals surface area contributed by atoms with Crippen LogP contribution in [0.15, 0.2) is 0 Å². The molecule has 0 aromatic heterocycles. The summed E-state index contributed by atoms with van der Waals surface area (Å²) in [5.41, 5.74) is 0. The molecule has 0 aliphatic rings. The van der Waals surface area contributed by atoms with Crippen LogP contribution in [0, 0.1) is 17.8 Å². The molecule has 0 aliphatic heterocycles. The summed E-state index contributed by atoms with van der Waals surface area (Å²) in [6.45, 7) is 8.97. The molecule has 7 nitrogen and oxygen atoms in total. The van der Waals surface area contributed by atoms with Crippen molar-refractivity contribution < 1.29 is 34.2 Å². The van der Waals surface area contributed by atoms with Crippen molar-refractivity contribution in [1.29, 1.82) is 0 Å². The molecule has 0 heterocycles. The van der Waals surface area contributed by atoms with Gasteiger partial charge in [-0.05, 0) is 32.1 Å². The van der Waals surface area contributed by atoms with Crippen molar-refractivity contribution in [3.63, 3.8) is 0 Å². The Bertz CT molecular complexity index is 505. The van der Waals surface area contributed by atoms with Gasteiger partial charge in [0.05, 0.1) is 32.1 Å². The molecule has 0 saturated heterocycles. The lowest BCUT2D eigenvalue weighted by Crippen LogP contribution is -2.59. The third-order valence-corrected chi connectivity index (χ3v) is 7.07. The summed E-state index contributed by atoms with van der Waals surface area (Å²) in [6.07, 6.45) is 11.6. The fourth-order valence-electron chi connectivity index (χ4n) is 4.79. The van der Waals surface area contributed by atoms with E-state index in [9.17, 15) is 29.7 Å². The highest BCUT2D eigenvalue weighted by molar-refractivity contribution is 5.70. The highest BCUT2D eigenvalue weighted by Crippen LogP contribution is 2.25. The van der Waals surface area contributed by atoms with Gasteiger partial charge < -0.3 is 24.6 Å². The van der Waals surface area contributed by atoms with Crippen LogP contribution in [0.3, 0.4) is 0 Å². The fourth-order valence-corrected chi connectivity index (χ4v) is 4.79. The molecule has 2 N–H and O–H groups in total. The Morgan fingerprint density at radius 2 is 1.00 bits per heavy atom. The highest BCUT2D eigenvalue weighted by Gasteiger charge is 2.39. The van der Waals surface area contributed by atoms with Crippen LogP contribution < -0.4 is 5.11 Å². The predicted molar refractivity (Wildman–Crippen MR) is 129 cm³/mol. The van der Waals surface area contributed by atoms with Gasteiger partial charge >= 0.3 is 11.9 Å². The maximum absolute atomic E-state index is 11.9. The van der Waals surface area contributed by atoms with Crippen LogP contribution in [-0.4, -0.2) is 58.8 Å². The zero-order valence-electron chi connectivity index (χ0n) is 21.5. The van der Waals surface area contributed by atoms with E-state index in [0.29, 0.717) is 25.8 Å². The second kappa shape index (κ2) is 17.8. The molecular weight excluding hydrogens is 422 g/mol. The summed E-state index contributed by atoms with van der Waals surface area (Å²) in [4.78, 5) is 35.5. The molecule has 0 aromatic carbocycles. The van der Waals surface area contributed by atoms with E-state index in [1.807, 2.05) is 13.8 Å². The minimum absolute atomic E-state index is 0.221. The number of carbonyl (C=O) groups is 3. The summed E-state index contributed by atoms with van der Waals surface area (Å²) < 4.78 is 0.221. The summed E-state index contributed by atoms with van der Waals surface area (Å²) in [5, 5.41) is 31.2. The standard InChI is InChI=1S/C26H49NO6/c1-5-9-10-11-12-13-14-15-16-17-27(18-21(6-2)24(28)29,19-22(7-3)25(30)31)20-23(8-4)26(32)33/h21-23H,5-20H2,1-4H3,(H2-,28,29,30,31,32,33). The number of unbranched alkanes of at least 4 members (excludes halogenated alkanes) is 8. The normalized spacial score (nSPS) is 16.0. The lowest BCUT2D eigenvalue weighted by Gasteiger charge is -2.44. The van der Waals surface area contributed by atoms with Gasteiger partial charge in [-0.3, -0.25) is 9.59 Å². The van der Waals surface area contributed by atoms with Crippen LogP contribution in [0.1, 0.15) is 105 Å². The van der Waals surface area contributed by atoms with E-state index in [0.717, 1.165) is 19.3 Å². The number of aliphatic carboxylic acids is 3. The Morgan fingerprint density at radius 3 is 1.33 bits per heavy atom. The van der Waals surface area contributed by atoms with Crippen LogP contribution in [0.2, 0.25) is 0 Å². The predicted octanol–water partition coefficient (Wildman–Crippen LogP) is 4.33. The Kier molecular flexibility index (Phi) is 16.9. The molecule has 0 aromatic rings. The number of carboxylic acids is 3. The monoisotopic (exact) mass is 471 g/mol. The number of carbonyl (C=O) groups excluding carboxylic acids is 1. The second-order valence-electron chi connectivity index (χ2n) is 9.75. The number of carboxylic acid groups (broad SMARTS) is 3. The molecule has 3 unspecified atom stereocenters. The minimum atomic E-state index is -1.14. The fraction of sp³-hybridized carbons (Fsp3) is 0.885. The SMILES string of the molecule is CCCCCCCCCCC[N+](CC(CC)C(=O)[O-])(CC(CC)C(=O)O)CC(CC)C(=O)O. The van der Waals surface area contributed by atoms with Gasteiger partial charge in [0.25, 0.3) is 0 Å². The van der Waals surface area contributed by atoms with Crippen molar-refractivity contribution in [2.45, 2.75) is 105 Å². The average Bonchev–Trinajstić information content (AvgIpc) is 2.77. The van der Waals surface area contributed by atoms with Gasteiger partial charge in [0.1, 0.15) is 11.8 Å². The molecule has 7 heteroatoms. The van der Waals surface area contributed by atoms with Gasteiger partial charge in [0, 0.05) is 5.92 Å². The van der Waals surface area contributed by atoms with Crippen LogP contribution in [0.25, 0.3) is 0 Å². The summed E-state index contributed by atoms with van der Waals surface area (Å²) in [7, 11) is 0. The third-order valence-electron chi connectivity index (χ3n) is 7.07. The maximum Gasteiger partial charge on any atom is 0.312 e. The molecule has 0 bridgehead atoms. The van der Waals surface area contributed by atoms with Crippen LogP contribution in [0.4, 0.5) is 0 Å². The molecule has 0 saturated carbocycles. The first-order valence-electron chi connectivity index (χ1n) is 13.2. The maximum atomic E-state index is 11.9. The van der Waals surface area contributed by atoms with E-state index >= 15 is 0 Å². The van der Waals surface area contributed by atoms with Crippen molar-refractivity contribution in [2.24, 2.45) is 17.8 Å². The van der Waals surface area contributed by atoms with Crippen LogP contribution in [0.5, 0.6) is 0 Å². The summed E-state index contributed by atoms with van der Waals surface area (Å²) >= 11 is 0. The molecule has 0 spiro atoms. The van der Waals surface area contributed by atoms with Gasteiger partial charge in [0.15, 0.2) is 0 Å². The molecule has 194 valence electrons. The van der Waals surface area contributed by atoms with E-state index in [-0.39, 0.29) is 24.1 Å². The van der Waals surface area contributed by atoms with E-state index < -0.39 is 35.7 Å². The van der Waals surface area contributed by atoms with Crippen molar-refractivity contribution in [2.75, 3.05) is 26.2 Å². The molecule has 3 atom stereocenters. The number of rotatable bonds is 22.